The molecule has 2 aromatic rings. The van der Waals surface area contributed by atoms with Gasteiger partial charge in [-0.05, 0) is 57.1 Å². The number of rotatable bonds is 5. The van der Waals surface area contributed by atoms with Crippen molar-refractivity contribution in [2.45, 2.75) is 64.6 Å². The Morgan fingerprint density at radius 1 is 1.15 bits per heavy atom. The van der Waals surface area contributed by atoms with Crippen molar-refractivity contribution in [3.8, 4) is 0 Å². The first-order chi connectivity index (χ1) is 13.3. The van der Waals surface area contributed by atoms with Crippen LogP contribution in [-0.2, 0) is 15.9 Å². The number of aromatic nitrogens is 1. The topological polar surface area (TPSA) is 34.6 Å². The Bertz CT molecular complexity index is 762. The van der Waals surface area contributed by atoms with Crippen LogP contribution < -0.4 is 4.90 Å². The summed E-state index contributed by atoms with van der Waals surface area (Å²) in [5.41, 5.74) is 5.06. The number of hydrogen-bond donors (Lipinski definition) is 0. The van der Waals surface area contributed by atoms with E-state index < -0.39 is 0 Å². The predicted molar refractivity (Wildman–Crippen MR) is 111 cm³/mol. The molecule has 0 amide bonds. The molecule has 1 unspecified atom stereocenters. The quantitative estimate of drug-likeness (QED) is 0.769. The van der Waals surface area contributed by atoms with E-state index >= 15 is 0 Å². The Morgan fingerprint density at radius 2 is 1.96 bits per heavy atom. The van der Waals surface area contributed by atoms with Crippen molar-refractivity contribution in [1.29, 1.82) is 0 Å². The van der Waals surface area contributed by atoms with E-state index in [1.807, 2.05) is 0 Å². The summed E-state index contributed by atoms with van der Waals surface area (Å²) in [7, 11) is 0. The number of benzene rings is 1. The number of pyridine rings is 1. The molecule has 3 heterocycles. The van der Waals surface area contributed by atoms with Crippen molar-refractivity contribution in [3.63, 3.8) is 0 Å². The van der Waals surface area contributed by atoms with Gasteiger partial charge in [-0.3, -0.25) is 4.98 Å². The Kier molecular flexibility index (Phi) is 5.94. The highest BCUT2D eigenvalue weighted by Crippen LogP contribution is 2.34. The van der Waals surface area contributed by atoms with E-state index in [2.05, 4.69) is 43.0 Å². The largest absolute Gasteiger partial charge is 0.376 e. The van der Waals surface area contributed by atoms with Gasteiger partial charge in [-0.2, -0.15) is 0 Å². The normalized spacial score (nSPS) is 21.7. The van der Waals surface area contributed by atoms with Crippen LogP contribution in [0.25, 0.3) is 10.9 Å². The summed E-state index contributed by atoms with van der Waals surface area (Å²) in [6.45, 7) is 8.16. The van der Waals surface area contributed by atoms with Crippen molar-refractivity contribution >= 4 is 16.6 Å². The highest BCUT2D eigenvalue weighted by Gasteiger charge is 2.25. The Labute approximate surface area is 162 Å². The van der Waals surface area contributed by atoms with Gasteiger partial charge in [-0.25, -0.2) is 0 Å². The predicted octanol–water partition coefficient (Wildman–Crippen LogP) is 4.66. The van der Waals surface area contributed by atoms with Crippen molar-refractivity contribution in [1.82, 2.24) is 4.98 Å². The first-order valence-corrected chi connectivity index (χ1v) is 10.6. The standard InChI is InChI=1S/C23H32N2O2/c1-3-20-17(2)24-22-10-5-4-9-21(22)23(20)25-13-11-18(12-14-25)27-16-19-8-6-7-15-26-19/h4-5,9-10,18-19H,3,6-8,11-16H2,1-2H3. The van der Waals surface area contributed by atoms with Crippen molar-refractivity contribution < 1.29 is 9.47 Å². The molecule has 0 radical (unpaired) electrons. The van der Waals surface area contributed by atoms with Gasteiger partial charge in [0.15, 0.2) is 0 Å². The first-order valence-electron chi connectivity index (χ1n) is 10.6. The molecule has 2 aliphatic heterocycles. The average Bonchev–Trinajstić information content (AvgIpc) is 2.72. The minimum Gasteiger partial charge on any atom is -0.376 e. The van der Waals surface area contributed by atoms with Gasteiger partial charge in [0, 0.05) is 30.8 Å². The van der Waals surface area contributed by atoms with Crippen LogP contribution in [0.3, 0.4) is 0 Å². The van der Waals surface area contributed by atoms with Crippen LogP contribution in [0.1, 0.15) is 50.3 Å². The summed E-state index contributed by atoms with van der Waals surface area (Å²) in [5, 5.41) is 1.29. The fourth-order valence-electron chi connectivity index (χ4n) is 4.57. The second-order valence-electron chi connectivity index (χ2n) is 7.90. The molecule has 27 heavy (non-hydrogen) atoms. The van der Waals surface area contributed by atoms with Crippen molar-refractivity contribution in [3.05, 3.63) is 35.5 Å². The molecule has 2 fully saturated rings. The molecular formula is C23H32N2O2. The monoisotopic (exact) mass is 368 g/mol. The lowest BCUT2D eigenvalue weighted by Gasteiger charge is -2.36. The van der Waals surface area contributed by atoms with Gasteiger partial charge in [-0.15, -0.1) is 0 Å². The summed E-state index contributed by atoms with van der Waals surface area (Å²) in [5.74, 6) is 0. The first kappa shape index (κ1) is 18.7. The van der Waals surface area contributed by atoms with Crippen LogP contribution in [0, 0.1) is 6.92 Å². The fourth-order valence-corrected chi connectivity index (χ4v) is 4.57. The maximum atomic E-state index is 6.21. The smallest absolute Gasteiger partial charge is 0.0808 e. The third-order valence-corrected chi connectivity index (χ3v) is 6.07. The summed E-state index contributed by atoms with van der Waals surface area (Å²) in [4.78, 5) is 7.40. The number of fused-ring (bicyclic) bond motifs is 1. The highest BCUT2D eigenvalue weighted by atomic mass is 16.5. The summed E-state index contributed by atoms with van der Waals surface area (Å²) >= 11 is 0. The van der Waals surface area contributed by atoms with E-state index in [4.69, 9.17) is 14.5 Å². The molecule has 2 aliphatic rings. The van der Waals surface area contributed by atoms with Crippen LogP contribution in [0.15, 0.2) is 24.3 Å². The molecule has 0 saturated carbocycles. The van der Waals surface area contributed by atoms with E-state index in [0.29, 0.717) is 12.2 Å². The van der Waals surface area contributed by atoms with E-state index in [1.54, 1.807) is 0 Å². The van der Waals surface area contributed by atoms with E-state index in [0.717, 1.165) is 57.5 Å². The van der Waals surface area contributed by atoms with E-state index in [1.165, 1.54) is 35.2 Å². The van der Waals surface area contributed by atoms with Crippen LogP contribution in [-0.4, -0.2) is 43.5 Å². The molecule has 1 aromatic heterocycles. The second-order valence-corrected chi connectivity index (χ2v) is 7.90. The van der Waals surface area contributed by atoms with Crippen LogP contribution in [0.2, 0.25) is 0 Å². The fraction of sp³-hybridized carbons (Fsp3) is 0.609. The number of piperidine rings is 1. The minimum absolute atomic E-state index is 0.315. The molecule has 2 saturated heterocycles. The highest BCUT2D eigenvalue weighted by molar-refractivity contribution is 5.94. The summed E-state index contributed by atoms with van der Waals surface area (Å²) < 4.78 is 12.0. The lowest BCUT2D eigenvalue weighted by atomic mass is 9.99. The molecule has 1 atom stereocenters. The molecule has 0 spiro atoms. The van der Waals surface area contributed by atoms with Crippen LogP contribution in [0.5, 0.6) is 0 Å². The van der Waals surface area contributed by atoms with E-state index in [9.17, 15) is 0 Å². The lowest BCUT2D eigenvalue weighted by Crippen LogP contribution is -2.39. The Balaban J connectivity index is 1.45. The number of ether oxygens (including phenoxy) is 2. The molecular weight excluding hydrogens is 336 g/mol. The van der Waals surface area contributed by atoms with Gasteiger partial charge < -0.3 is 14.4 Å². The summed E-state index contributed by atoms with van der Waals surface area (Å²) in [6.07, 6.45) is 7.52. The minimum atomic E-state index is 0.315. The average molecular weight is 369 g/mol. The maximum absolute atomic E-state index is 6.21. The summed E-state index contributed by atoms with van der Waals surface area (Å²) in [6, 6.07) is 8.56. The van der Waals surface area contributed by atoms with Gasteiger partial charge in [0.25, 0.3) is 0 Å². The zero-order chi connectivity index (χ0) is 18.6. The van der Waals surface area contributed by atoms with E-state index in [-0.39, 0.29) is 0 Å². The molecule has 0 N–H and O–H groups in total. The zero-order valence-electron chi connectivity index (χ0n) is 16.7. The van der Waals surface area contributed by atoms with Gasteiger partial charge in [0.1, 0.15) is 0 Å². The third kappa shape index (κ3) is 4.12. The molecule has 0 bridgehead atoms. The molecule has 0 aliphatic carbocycles. The molecule has 146 valence electrons. The number of para-hydroxylation sites is 1. The number of hydrogen-bond acceptors (Lipinski definition) is 4. The lowest BCUT2D eigenvalue weighted by molar-refractivity contribution is -0.0672. The number of anilines is 1. The van der Waals surface area contributed by atoms with Gasteiger partial charge in [-0.1, -0.05) is 25.1 Å². The van der Waals surface area contributed by atoms with Gasteiger partial charge >= 0.3 is 0 Å². The number of aryl methyl sites for hydroxylation is 1. The second kappa shape index (κ2) is 8.57. The Morgan fingerprint density at radius 3 is 2.70 bits per heavy atom. The maximum Gasteiger partial charge on any atom is 0.0808 e. The van der Waals surface area contributed by atoms with Gasteiger partial charge in [0.2, 0.25) is 0 Å². The molecule has 4 rings (SSSR count). The SMILES string of the molecule is CCc1c(C)nc2ccccc2c1N1CCC(OCC2CCCCO2)CC1. The van der Waals surface area contributed by atoms with Gasteiger partial charge in [0.05, 0.1) is 30.0 Å². The zero-order valence-corrected chi connectivity index (χ0v) is 16.7. The van der Waals surface area contributed by atoms with Crippen LogP contribution >= 0.6 is 0 Å². The van der Waals surface area contributed by atoms with Crippen molar-refractivity contribution in [2.24, 2.45) is 0 Å². The number of nitrogens with zero attached hydrogens (tertiary/aromatic N) is 2. The van der Waals surface area contributed by atoms with Crippen LogP contribution in [0.4, 0.5) is 5.69 Å². The molecule has 4 heteroatoms. The van der Waals surface area contributed by atoms with Crippen molar-refractivity contribution in [2.75, 3.05) is 31.2 Å². The molecule has 4 nitrogen and oxygen atoms in total. The third-order valence-electron chi connectivity index (χ3n) is 6.07. The Hall–Kier alpha value is -1.65. The molecule has 1 aromatic carbocycles.